The van der Waals surface area contributed by atoms with E-state index in [1.165, 1.54) is 19.3 Å². The highest BCUT2D eigenvalue weighted by molar-refractivity contribution is 5.28. The molecule has 0 nitrogen and oxygen atoms in total. The van der Waals surface area contributed by atoms with Crippen molar-refractivity contribution in [2.24, 2.45) is 10.8 Å². The van der Waals surface area contributed by atoms with Gasteiger partial charge in [0.15, 0.2) is 0 Å². The molecule has 2 rings (SSSR count). The molecule has 0 unspecified atom stereocenters. The first-order chi connectivity index (χ1) is 5.54. The summed E-state index contributed by atoms with van der Waals surface area (Å²) in [5.74, 6) is 0. The van der Waals surface area contributed by atoms with Crippen LogP contribution in [-0.4, -0.2) is 0 Å². The van der Waals surface area contributed by atoms with Crippen LogP contribution in [0.15, 0.2) is 23.8 Å². The van der Waals surface area contributed by atoms with Crippen LogP contribution in [0.4, 0.5) is 0 Å². The fraction of sp³-hybridized carbons (Fsp3) is 0.667. The summed E-state index contributed by atoms with van der Waals surface area (Å²) in [4.78, 5) is 0. The minimum Gasteiger partial charge on any atom is -0.0788 e. The van der Waals surface area contributed by atoms with Gasteiger partial charge in [-0.1, -0.05) is 37.6 Å². The van der Waals surface area contributed by atoms with Crippen molar-refractivity contribution in [2.45, 2.75) is 40.0 Å². The van der Waals surface area contributed by atoms with Gasteiger partial charge < -0.3 is 0 Å². The van der Waals surface area contributed by atoms with Crippen LogP contribution in [0.25, 0.3) is 0 Å². The second-order valence-corrected chi connectivity index (χ2v) is 5.15. The van der Waals surface area contributed by atoms with E-state index in [1.54, 1.807) is 5.57 Å². The van der Waals surface area contributed by atoms with Crippen LogP contribution in [0.5, 0.6) is 0 Å². The van der Waals surface area contributed by atoms with Gasteiger partial charge in [-0.15, -0.1) is 0 Å². The molecule has 0 heterocycles. The van der Waals surface area contributed by atoms with Gasteiger partial charge in [0, 0.05) is 0 Å². The van der Waals surface area contributed by atoms with Crippen molar-refractivity contribution < 1.29 is 0 Å². The van der Waals surface area contributed by atoms with E-state index in [9.17, 15) is 0 Å². The van der Waals surface area contributed by atoms with E-state index in [0.29, 0.717) is 10.8 Å². The van der Waals surface area contributed by atoms with Crippen LogP contribution >= 0.6 is 0 Å². The van der Waals surface area contributed by atoms with Crippen LogP contribution in [0.2, 0.25) is 0 Å². The molecule has 0 radical (unpaired) electrons. The zero-order valence-corrected chi connectivity index (χ0v) is 8.35. The molecular weight excluding hydrogens is 144 g/mol. The Hall–Kier alpha value is -0.520. The van der Waals surface area contributed by atoms with Crippen LogP contribution in [0.3, 0.4) is 0 Å². The Labute approximate surface area is 75.4 Å². The summed E-state index contributed by atoms with van der Waals surface area (Å²) >= 11 is 0. The molecule has 0 heteroatoms. The number of hydrogen-bond acceptors (Lipinski definition) is 0. The molecule has 12 heavy (non-hydrogen) atoms. The van der Waals surface area contributed by atoms with Crippen molar-refractivity contribution in [3.8, 4) is 0 Å². The molecule has 1 fully saturated rings. The number of allylic oxidation sites excluding steroid dienone is 4. The van der Waals surface area contributed by atoms with Gasteiger partial charge in [0.2, 0.25) is 0 Å². The predicted molar refractivity (Wildman–Crippen MR) is 53.0 cm³/mol. The van der Waals surface area contributed by atoms with Gasteiger partial charge in [-0.05, 0) is 37.0 Å². The van der Waals surface area contributed by atoms with Crippen molar-refractivity contribution >= 4 is 0 Å². The third kappa shape index (κ3) is 1.24. The van der Waals surface area contributed by atoms with E-state index >= 15 is 0 Å². The Morgan fingerprint density at radius 2 is 1.92 bits per heavy atom. The van der Waals surface area contributed by atoms with E-state index in [-0.39, 0.29) is 0 Å². The maximum Gasteiger partial charge on any atom is -0.00790 e. The maximum atomic E-state index is 2.35. The summed E-state index contributed by atoms with van der Waals surface area (Å²) in [6.07, 6.45) is 11.1. The van der Waals surface area contributed by atoms with Gasteiger partial charge in [0.05, 0.1) is 0 Å². The molecule has 0 atom stereocenters. The third-order valence-corrected chi connectivity index (χ3v) is 3.38. The van der Waals surface area contributed by atoms with Crippen molar-refractivity contribution in [1.29, 1.82) is 0 Å². The van der Waals surface area contributed by atoms with Gasteiger partial charge in [-0.3, -0.25) is 0 Å². The maximum absolute atomic E-state index is 2.35. The molecule has 2 aliphatic rings. The highest BCUT2D eigenvalue weighted by atomic mass is 14.5. The standard InChI is InChI=1S/C12H18/c1-10-5-4-6-11(2,3)9-12(10)7-8-12/h4-6H,7-9H2,1-3H3. The lowest BCUT2D eigenvalue weighted by molar-refractivity contribution is 0.351. The first-order valence-corrected chi connectivity index (χ1v) is 4.91. The average Bonchev–Trinajstić information content (AvgIpc) is 2.67. The smallest absolute Gasteiger partial charge is 0.00790 e. The third-order valence-electron chi connectivity index (χ3n) is 3.38. The van der Waals surface area contributed by atoms with Crippen molar-refractivity contribution in [3.63, 3.8) is 0 Å². The van der Waals surface area contributed by atoms with Crippen molar-refractivity contribution in [2.75, 3.05) is 0 Å². The fourth-order valence-electron chi connectivity index (χ4n) is 2.42. The summed E-state index contributed by atoms with van der Waals surface area (Å²) in [5.41, 5.74) is 2.61. The van der Waals surface area contributed by atoms with E-state index in [0.717, 1.165) is 0 Å². The van der Waals surface area contributed by atoms with Crippen LogP contribution in [0, 0.1) is 10.8 Å². The SMILES string of the molecule is CC1=CC=CC(C)(C)CC12CC2. The lowest BCUT2D eigenvalue weighted by Crippen LogP contribution is -2.14. The molecular formula is C12H18. The highest BCUT2D eigenvalue weighted by Gasteiger charge is 2.47. The molecule has 0 bridgehead atoms. The second-order valence-electron chi connectivity index (χ2n) is 5.15. The quantitative estimate of drug-likeness (QED) is 0.509. The molecule has 66 valence electrons. The summed E-state index contributed by atoms with van der Waals surface area (Å²) < 4.78 is 0. The minimum atomic E-state index is 0.408. The molecule has 0 amide bonds. The second kappa shape index (κ2) is 2.25. The Bertz CT molecular complexity index is 249. The minimum absolute atomic E-state index is 0.408. The number of hydrogen-bond donors (Lipinski definition) is 0. The van der Waals surface area contributed by atoms with E-state index in [2.05, 4.69) is 39.0 Å². The van der Waals surface area contributed by atoms with Gasteiger partial charge in [-0.2, -0.15) is 0 Å². The van der Waals surface area contributed by atoms with Gasteiger partial charge in [-0.25, -0.2) is 0 Å². The molecule has 0 aromatic carbocycles. The molecule has 0 aliphatic heterocycles. The summed E-state index contributed by atoms with van der Waals surface area (Å²) in [5, 5.41) is 0. The largest absolute Gasteiger partial charge is 0.0788 e. The topological polar surface area (TPSA) is 0 Å². The summed E-state index contributed by atoms with van der Waals surface area (Å²) in [7, 11) is 0. The predicted octanol–water partition coefficient (Wildman–Crippen LogP) is 3.70. The summed E-state index contributed by atoms with van der Waals surface area (Å²) in [6.45, 7) is 6.98. The molecule has 0 aromatic rings. The molecule has 2 aliphatic carbocycles. The zero-order chi connectivity index (χ0) is 8.82. The monoisotopic (exact) mass is 162 g/mol. The van der Waals surface area contributed by atoms with Crippen LogP contribution in [-0.2, 0) is 0 Å². The Morgan fingerprint density at radius 3 is 2.50 bits per heavy atom. The van der Waals surface area contributed by atoms with E-state index < -0.39 is 0 Å². The van der Waals surface area contributed by atoms with Crippen molar-refractivity contribution in [3.05, 3.63) is 23.8 Å². The van der Waals surface area contributed by atoms with Crippen LogP contribution in [0.1, 0.15) is 40.0 Å². The van der Waals surface area contributed by atoms with E-state index in [4.69, 9.17) is 0 Å². The average molecular weight is 162 g/mol. The van der Waals surface area contributed by atoms with Crippen molar-refractivity contribution in [1.82, 2.24) is 0 Å². The lowest BCUT2D eigenvalue weighted by atomic mass is 9.79. The van der Waals surface area contributed by atoms with E-state index in [1.807, 2.05) is 0 Å². The Balaban J connectivity index is 2.28. The fourth-order valence-corrected chi connectivity index (χ4v) is 2.42. The molecule has 0 aromatic heterocycles. The van der Waals surface area contributed by atoms with Crippen LogP contribution < -0.4 is 0 Å². The lowest BCUT2D eigenvalue weighted by Gasteiger charge is -2.25. The first kappa shape index (κ1) is 8.10. The molecule has 0 N–H and O–H groups in total. The van der Waals surface area contributed by atoms with Gasteiger partial charge in [0.1, 0.15) is 0 Å². The number of rotatable bonds is 0. The van der Waals surface area contributed by atoms with Gasteiger partial charge >= 0.3 is 0 Å². The molecule has 1 spiro atoms. The highest BCUT2D eigenvalue weighted by Crippen LogP contribution is 2.59. The summed E-state index contributed by atoms with van der Waals surface area (Å²) in [6, 6.07) is 0. The first-order valence-electron chi connectivity index (χ1n) is 4.91. The van der Waals surface area contributed by atoms with Gasteiger partial charge in [0.25, 0.3) is 0 Å². The Kier molecular flexibility index (Phi) is 1.51. The zero-order valence-electron chi connectivity index (χ0n) is 8.35. The normalized spacial score (nSPS) is 29.8. The molecule has 1 saturated carbocycles. The Morgan fingerprint density at radius 1 is 1.25 bits per heavy atom. The molecule has 0 saturated heterocycles.